The van der Waals surface area contributed by atoms with E-state index in [4.69, 9.17) is 16.7 Å². The summed E-state index contributed by atoms with van der Waals surface area (Å²) in [7, 11) is 0. The lowest BCUT2D eigenvalue weighted by molar-refractivity contribution is -0.124. The van der Waals surface area contributed by atoms with Crippen LogP contribution >= 0.6 is 11.6 Å². The van der Waals surface area contributed by atoms with Crippen LogP contribution in [0.25, 0.3) is 11.8 Å². The van der Waals surface area contributed by atoms with Crippen molar-refractivity contribution >= 4 is 41.1 Å². The average Bonchev–Trinajstić information content (AvgIpc) is 3.55. The van der Waals surface area contributed by atoms with E-state index in [-0.39, 0.29) is 11.0 Å². The Balaban J connectivity index is 1.50. The number of anilines is 1. The van der Waals surface area contributed by atoms with Gasteiger partial charge in [0.25, 0.3) is 0 Å². The fraction of sp³-hybridized carbons (Fsp3) is 0.280. The summed E-state index contributed by atoms with van der Waals surface area (Å²) in [4.78, 5) is 37.2. The van der Waals surface area contributed by atoms with Crippen molar-refractivity contribution in [1.29, 1.82) is 0 Å². The van der Waals surface area contributed by atoms with Gasteiger partial charge in [0.2, 0.25) is 11.8 Å². The Kier molecular flexibility index (Phi) is 7.95. The van der Waals surface area contributed by atoms with E-state index in [0.29, 0.717) is 28.4 Å². The number of carbonyl (C=O) groups is 3. The lowest BCUT2D eigenvalue weighted by Gasteiger charge is -2.28. The summed E-state index contributed by atoms with van der Waals surface area (Å²) in [5, 5.41) is 29.6. The van der Waals surface area contributed by atoms with Crippen LogP contribution in [0, 0.1) is 5.41 Å². The second-order valence-electron chi connectivity index (χ2n) is 9.17. The van der Waals surface area contributed by atoms with E-state index in [1.54, 1.807) is 24.3 Å². The molecule has 1 unspecified atom stereocenters. The SMILES string of the molecule is CC1(C[C@H](NC(=O)/C=C/c2cc(Cl)ccc2-n2cnnn2)C(=O)Nc2ccc(C(=O)O)cc2)CCNC1. The van der Waals surface area contributed by atoms with Crippen LogP contribution in [0.5, 0.6) is 0 Å². The van der Waals surface area contributed by atoms with Crippen molar-refractivity contribution < 1.29 is 19.5 Å². The predicted octanol–water partition coefficient (Wildman–Crippen LogP) is 2.54. The molecule has 2 aromatic carbocycles. The molecule has 1 saturated heterocycles. The number of hydrogen-bond donors (Lipinski definition) is 4. The van der Waals surface area contributed by atoms with Gasteiger partial charge in [-0.15, -0.1) is 5.10 Å². The van der Waals surface area contributed by atoms with Gasteiger partial charge in [-0.3, -0.25) is 9.59 Å². The van der Waals surface area contributed by atoms with Crippen LogP contribution in [0.1, 0.15) is 35.7 Å². The van der Waals surface area contributed by atoms with E-state index < -0.39 is 23.8 Å². The number of nitrogens with one attached hydrogen (secondary N) is 3. The number of amides is 2. The molecule has 0 radical (unpaired) electrons. The molecule has 0 spiro atoms. The van der Waals surface area contributed by atoms with Gasteiger partial charge in [-0.2, -0.15) is 4.68 Å². The Morgan fingerprint density at radius 1 is 1.24 bits per heavy atom. The molecule has 192 valence electrons. The number of carboxylic acid groups (broad SMARTS) is 1. The van der Waals surface area contributed by atoms with Crippen molar-refractivity contribution in [3.63, 3.8) is 0 Å². The van der Waals surface area contributed by atoms with Gasteiger partial charge in [0, 0.05) is 28.9 Å². The summed E-state index contributed by atoms with van der Waals surface area (Å²) in [5.41, 5.74) is 1.61. The Bertz CT molecular complexity index is 1300. The molecule has 0 bridgehead atoms. The number of carbonyl (C=O) groups excluding carboxylic acids is 2. The van der Waals surface area contributed by atoms with Gasteiger partial charge in [-0.1, -0.05) is 18.5 Å². The first-order valence-electron chi connectivity index (χ1n) is 11.6. The standard InChI is InChI=1S/C25H26ClN7O4/c1-25(10-11-27-14-25)13-20(23(35)29-19-6-2-16(3-7-19)24(36)37)30-22(34)9-4-17-12-18(26)5-8-21(17)33-15-28-31-32-33/h2-9,12,15,20,27H,10-11,13-14H2,1H3,(H,29,35)(H,30,34)(H,36,37)/b9-4+/t20-,25?/m0/s1. The maximum atomic E-state index is 13.2. The molecule has 0 aliphatic carbocycles. The molecule has 4 N–H and O–H groups in total. The Labute approximate surface area is 217 Å². The molecular formula is C25H26ClN7O4. The quantitative estimate of drug-likeness (QED) is 0.312. The smallest absolute Gasteiger partial charge is 0.335 e. The molecule has 1 fully saturated rings. The minimum absolute atomic E-state index is 0.111. The van der Waals surface area contributed by atoms with E-state index >= 15 is 0 Å². The molecular weight excluding hydrogens is 498 g/mol. The van der Waals surface area contributed by atoms with Crippen molar-refractivity contribution in [3.8, 4) is 5.69 Å². The van der Waals surface area contributed by atoms with Gasteiger partial charge < -0.3 is 21.1 Å². The van der Waals surface area contributed by atoms with Crippen LogP contribution in [-0.2, 0) is 9.59 Å². The van der Waals surface area contributed by atoms with Crippen LogP contribution < -0.4 is 16.0 Å². The first kappa shape index (κ1) is 26.0. The third-order valence-corrected chi connectivity index (χ3v) is 6.42. The fourth-order valence-corrected chi connectivity index (χ4v) is 4.38. The largest absolute Gasteiger partial charge is 0.478 e. The number of benzene rings is 2. The van der Waals surface area contributed by atoms with Gasteiger partial charge >= 0.3 is 5.97 Å². The van der Waals surface area contributed by atoms with Crippen LogP contribution in [0.2, 0.25) is 5.02 Å². The van der Waals surface area contributed by atoms with E-state index in [2.05, 4.69) is 38.4 Å². The molecule has 2 atom stereocenters. The zero-order chi connectivity index (χ0) is 26.4. The number of nitrogens with zero attached hydrogens (tertiary/aromatic N) is 4. The first-order chi connectivity index (χ1) is 17.7. The number of halogens is 1. The van der Waals surface area contributed by atoms with Crippen molar-refractivity contribution in [2.75, 3.05) is 18.4 Å². The molecule has 2 heterocycles. The van der Waals surface area contributed by atoms with Gasteiger partial charge in [-0.25, -0.2) is 4.79 Å². The van der Waals surface area contributed by atoms with Crippen LogP contribution in [0.3, 0.4) is 0 Å². The lowest BCUT2D eigenvalue weighted by atomic mass is 9.82. The number of rotatable bonds is 9. The third-order valence-electron chi connectivity index (χ3n) is 6.19. The Morgan fingerprint density at radius 3 is 2.68 bits per heavy atom. The number of aromatic carboxylic acids is 1. The maximum absolute atomic E-state index is 13.2. The van der Waals surface area contributed by atoms with Crippen molar-refractivity contribution in [2.24, 2.45) is 5.41 Å². The second-order valence-corrected chi connectivity index (χ2v) is 9.60. The van der Waals surface area contributed by atoms with Crippen molar-refractivity contribution in [1.82, 2.24) is 30.8 Å². The van der Waals surface area contributed by atoms with Gasteiger partial charge in [0.15, 0.2) is 0 Å². The molecule has 1 aliphatic rings. The van der Waals surface area contributed by atoms with Crippen molar-refractivity contribution in [3.05, 3.63) is 71.0 Å². The highest BCUT2D eigenvalue weighted by Crippen LogP contribution is 2.30. The second kappa shape index (κ2) is 11.3. The monoisotopic (exact) mass is 523 g/mol. The Morgan fingerprint density at radius 2 is 2.03 bits per heavy atom. The summed E-state index contributed by atoms with van der Waals surface area (Å²) in [5.74, 6) is -1.91. The zero-order valence-corrected chi connectivity index (χ0v) is 20.8. The molecule has 0 saturated carbocycles. The highest BCUT2D eigenvalue weighted by Gasteiger charge is 2.34. The molecule has 1 aromatic heterocycles. The number of carboxylic acids is 1. The maximum Gasteiger partial charge on any atom is 0.335 e. The van der Waals surface area contributed by atoms with E-state index in [1.807, 2.05) is 0 Å². The third kappa shape index (κ3) is 6.78. The predicted molar refractivity (Wildman–Crippen MR) is 137 cm³/mol. The average molecular weight is 524 g/mol. The molecule has 4 rings (SSSR count). The zero-order valence-electron chi connectivity index (χ0n) is 20.0. The van der Waals surface area contributed by atoms with Crippen LogP contribution in [0.4, 0.5) is 5.69 Å². The molecule has 12 heteroatoms. The lowest BCUT2D eigenvalue weighted by Crippen LogP contribution is -2.46. The normalized spacial score (nSPS) is 18.0. The molecule has 3 aromatic rings. The molecule has 2 amide bonds. The fourth-order valence-electron chi connectivity index (χ4n) is 4.20. The van der Waals surface area contributed by atoms with E-state index in [9.17, 15) is 14.4 Å². The van der Waals surface area contributed by atoms with E-state index in [0.717, 1.165) is 19.5 Å². The summed E-state index contributed by atoms with van der Waals surface area (Å²) < 4.78 is 1.45. The van der Waals surface area contributed by atoms with Crippen LogP contribution in [-0.4, -0.2) is 62.2 Å². The summed E-state index contributed by atoms with van der Waals surface area (Å²) >= 11 is 6.15. The summed E-state index contributed by atoms with van der Waals surface area (Å²) in [6.07, 6.45) is 5.63. The topological polar surface area (TPSA) is 151 Å². The summed E-state index contributed by atoms with van der Waals surface area (Å²) in [6, 6.07) is 10.1. The van der Waals surface area contributed by atoms with Gasteiger partial charge in [-0.05, 0) is 83.8 Å². The number of tetrazole rings is 1. The Hall–Kier alpha value is -4.09. The summed E-state index contributed by atoms with van der Waals surface area (Å²) in [6.45, 7) is 3.64. The number of aromatic nitrogens is 4. The minimum Gasteiger partial charge on any atom is -0.478 e. The highest BCUT2D eigenvalue weighted by atomic mass is 35.5. The number of hydrogen-bond acceptors (Lipinski definition) is 7. The van der Waals surface area contributed by atoms with E-state index in [1.165, 1.54) is 41.4 Å². The molecule has 37 heavy (non-hydrogen) atoms. The van der Waals surface area contributed by atoms with Gasteiger partial charge in [0.05, 0.1) is 11.3 Å². The van der Waals surface area contributed by atoms with Crippen molar-refractivity contribution in [2.45, 2.75) is 25.8 Å². The van der Waals surface area contributed by atoms with Gasteiger partial charge in [0.1, 0.15) is 12.4 Å². The minimum atomic E-state index is -1.06. The molecule has 11 nitrogen and oxygen atoms in total. The first-order valence-corrected chi connectivity index (χ1v) is 12.0. The highest BCUT2D eigenvalue weighted by molar-refractivity contribution is 6.30. The molecule has 1 aliphatic heterocycles. The van der Waals surface area contributed by atoms with Crippen LogP contribution in [0.15, 0.2) is 54.9 Å².